The van der Waals surface area contributed by atoms with Crippen molar-refractivity contribution in [2.75, 3.05) is 54.1 Å². The zero-order valence-electron chi connectivity index (χ0n) is 19.6. The molecule has 0 spiro atoms. The molecule has 0 atom stereocenters. The number of aliphatic imine (C=N–C) groups is 1. The highest BCUT2D eigenvalue weighted by atomic mass is 127. The van der Waals surface area contributed by atoms with E-state index in [1.165, 1.54) is 0 Å². The molecule has 0 saturated carbocycles. The minimum absolute atomic E-state index is 0. The van der Waals surface area contributed by atoms with E-state index in [0.29, 0.717) is 26.3 Å². The number of para-hydroxylation sites is 1. The van der Waals surface area contributed by atoms with Crippen LogP contribution in [0.2, 0.25) is 0 Å². The number of hydrogen-bond acceptors (Lipinski definition) is 5. The first-order chi connectivity index (χ1) is 15.2. The van der Waals surface area contributed by atoms with Gasteiger partial charge in [-0.15, -0.1) is 24.0 Å². The third-order valence-electron chi connectivity index (χ3n) is 4.72. The summed E-state index contributed by atoms with van der Waals surface area (Å²) in [6.07, 6.45) is 0. The number of rotatable bonds is 13. The lowest BCUT2D eigenvalue weighted by Gasteiger charge is -2.17. The molecule has 0 bridgehead atoms. The van der Waals surface area contributed by atoms with Crippen LogP contribution in [0.15, 0.2) is 53.5 Å². The van der Waals surface area contributed by atoms with Gasteiger partial charge in [0.05, 0.1) is 13.2 Å². The minimum atomic E-state index is 0. The van der Waals surface area contributed by atoms with Gasteiger partial charge in [-0.1, -0.05) is 30.3 Å². The molecule has 7 nitrogen and oxygen atoms in total. The van der Waals surface area contributed by atoms with E-state index in [9.17, 15) is 0 Å². The third kappa shape index (κ3) is 10.5. The fourth-order valence-electron chi connectivity index (χ4n) is 2.96. The Bertz CT molecular complexity index is 804. The Hall–Kier alpha value is -2.04. The number of nitrogens with zero attached hydrogens (tertiary/aromatic N) is 2. The second-order valence-electron chi connectivity index (χ2n) is 7.11. The predicted octanol–water partition coefficient (Wildman–Crippen LogP) is 3.53. The molecule has 0 heterocycles. The third-order valence-corrected chi connectivity index (χ3v) is 4.72. The van der Waals surface area contributed by atoms with Crippen LogP contribution in [0, 0.1) is 0 Å². The first kappa shape index (κ1) is 28.0. The van der Waals surface area contributed by atoms with E-state index in [4.69, 9.17) is 14.2 Å². The summed E-state index contributed by atoms with van der Waals surface area (Å²) in [5, 5.41) is 6.70. The first-order valence-corrected chi connectivity index (χ1v) is 10.7. The maximum atomic E-state index is 5.90. The topological polar surface area (TPSA) is 67.3 Å². The zero-order chi connectivity index (χ0) is 22.3. The highest BCUT2D eigenvalue weighted by Crippen LogP contribution is 2.17. The molecule has 0 fully saturated rings. The second kappa shape index (κ2) is 16.6. The van der Waals surface area contributed by atoms with Crippen molar-refractivity contribution in [1.29, 1.82) is 0 Å². The van der Waals surface area contributed by atoms with Crippen molar-refractivity contribution in [2.45, 2.75) is 20.0 Å². The number of guanidine groups is 1. The summed E-state index contributed by atoms with van der Waals surface area (Å²) in [6.45, 7) is 7.03. The largest absolute Gasteiger partial charge is 0.494 e. The van der Waals surface area contributed by atoms with Gasteiger partial charge >= 0.3 is 0 Å². The standard InChI is InChI=1S/C24H36N4O3.HI/c1-5-30-23-12-7-6-10-21(23)19-27-24(25-2)26-18-20-9-8-11-22(17-20)31-16-14-28(3)13-15-29-4;/h6-12,17H,5,13-16,18-19H2,1-4H3,(H2,25,26,27);1H. The lowest BCUT2D eigenvalue weighted by Crippen LogP contribution is -2.36. The zero-order valence-corrected chi connectivity index (χ0v) is 21.9. The van der Waals surface area contributed by atoms with E-state index in [0.717, 1.165) is 48.3 Å². The average Bonchev–Trinajstić information content (AvgIpc) is 2.79. The molecule has 178 valence electrons. The van der Waals surface area contributed by atoms with Gasteiger partial charge in [0.15, 0.2) is 5.96 Å². The Morgan fingerprint density at radius 2 is 1.72 bits per heavy atom. The summed E-state index contributed by atoms with van der Waals surface area (Å²) in [5.74, 6) is 2.50. The highest BCUT2D eigenvalue weighted by Gasteiger charge is 2.05. The van der Waals surface area contributed by atoms with Crippen LogP contribution in [0.4, 0.5) is 0 Å². The number of halogens is 1. The van der Waals surface area contributed by atoms with Crippen molar-refractivity contribution in [3.8, 4) is 11.5 Å². The first-order valence-electron chi connectivity index (χ1n) is 10.7. The minimum Gasteiger partial charge on any atom is -0.494 e. The Morgan fingerprint density at radius 1 is 0.969 bits per heavy atom. The molecule has 0 saturated heterocycles. The van der Waals surface area contributed by atoms with Crippen molar-refractivity contribution in [2.24, 2.45) is 4.99 Å². The van der Waals surface area contributed by atoms with Gasteiger partial charge in [0.25, 0.3) is 0 Å². The Labute approximate surface area is 209 Å². The smallest absolute Gasteiger partial charge is 0.191 e. The molecule has 0 aliphatic carbocycles. The molecule has 2 aromatic carbocycles. The van der Waals surface area contributed by atoms with E-state index in [2.05, 4.69) is 45.8 Å². The molecule has 0 aliphatic heterocycles. The summed E-state index contributed by atoms with van der Waals surface area (Å²) in [7, 11) is 5.55. The van der Waals surface area contributed by atoms with Gasteiger partial charge in [-0.05, 0) is 37.7 Å². The summed E-state index contributed by atoms with van der Waals surface area (Å²) in [4.78, 5) is 6.51. The van der Waals surface area contributed by atoms with Gasteiger partial charge in [0.1, 0.15) is 18.1 Å². The van der Waals surface area contributed by atoms with Gasteiger partial charge in [0, 0.05) is 45.9 Å². The fourth-order valence-corrected chi connectivity index (χ4v) is 2.96. The Kier molecular flexibility index (Phi) is 14.5. The van der Waals surface area contributed by atoms with E-state index >= 15 is 0 Å². The van der Waals surface area contributed by atoms with Crippen LogP contribution < -0.4 is 20.1 Å². The number of methoxy groups -OCH3 is 1. The average molecular weight is 556 g/mol. The summed E-state index contributed by atoms with van der Waals surface area (Å²) in [6, 6.07) is 16.1. The molecule has 2 aromatic rings. The molecule has 0 aliphatic rings. The molecule has 0 unspecified atom stereocenters. The molecule has 32 heavy (non-hydrogen) atoms. The fraction of sp³-hybridized carbons (Fsp3) is 0.458. The number of nitrogens with one attached hydrogen (secondary N) is 2. The number of likely N-dealkylation sites (N-methyl/N-ethyl adjacent to an activating group) is 1. The van der Waals surface area contributed by atoms with Crippen molar-refractivity contribution in [1.82, 2.24) is 15.5 Å². The van der Waals surface area contributed by atoms with Gasteiger partial charge in [0.2, 0.25) is 0 Å². The number of hydrogen-bond donors (Lipinski definition) is 2. The summed E-state index contributed by atoms with van der Waals surface area (Å²) >= 11 is 0. The lowest BCUT2D eigenvalue weighted by atomic mass is 10.2. The maximum absolute atomic E-state index is 5.90. The van der Waals surface area contributed by atoms with E-state index in [1.807, 2.05) is 37.3 Å². The van der Waals surface area contributed by atoms with Crippen LogP contribution in [0.5, 0.6) is 11.5 Å². The van der Waals surface area contributed by atoms with Crippen molar-refractivity contribution < 1.29 is 14.2 Å². The molecule has 2 N–H and O–H groups in total. The van der Waals surface area contributed by atoms with Crippen molar-refractivity contribution in [3.05, 3.63) is 59.7 Å². The summed E-state index contributed by atoms with van der Waals surface area (Å²) < 4.78 is 16.7. The lowest BCUT2D eigenvalue weighted by molar-refractivity contribution is 0.150. The van der Waals surface area contributed by atoms with Crippen LogP contribution in [0.1, 0.15) is 18.1 Å². The van der Waals surface area contributed by atoms with Gasteiger partial charge < -0.3 is 29.7 Å². The normalized spacial score (nSPS) is 11.1. The van der Waals surface area contributed by atoms with Crippen LogP contribution in [0.25, 0.3) is 0 Å². The Morgan fingerprint density at radius 3 is 2.47 bits per heavy atom. The van der Waals surface area contributed by atoms with Crippen molar-refractivity contribution >= 4 is 29.9 Å². The van der Waals surface area contributed by atoms with Crippen molar-refractivity contribution in [3.63, 3.8) is 0 Å². The molecule has 2 rings (SSSR count). The van der Waals surface area contributed by atoms with E-state index in [1.54, 1.807) is 14.2 Å². The molecule has 8 heteroatoms. The number of ether oxygens (including phenoxy) is 3. The molecular formula is C24H37IN4O3. The maximum Gasteiger partial charge on any atom is 0.191 e. The van der Waals surface area contributed by atoms with Gasteiger partial charge in [-0.25, -0.2) is 0 Å². The quantitative estimate of drug-likeness (QED) is 0.224. The predicted molar refractivity (Wildman–Crippen MR) is 141 cm³/mol. The molecule has 0 amide bonds. The van der Waals surface area contributed by atoms with Crippen LogP contribution in [-0.2, 0) is 17.8 Å². The molecule has 0 radical (unpaired) electrons. The Balaban J connectivity index is 0.00000512. The van der Waals surface area contributed by atoms with E-state index < -0.39 is 0 Å². The van der Waals surface area contributed by atoms with Crippen LogP contribution in [0.3, 0.4) is 0 Å². The molecule has 0 aromatic heterocycles. The van der Waals surface area contributed by atoms with Gasteiger partial charge in [-0.2, -0.15) is 0 Å². The SMILES string of the molecule is CCOc1ccccc1CNC(=NC)NCc1cccc(OCCN(C)CCOC)c1.I. The van der Waals surface area contributed by atoms with Crippen LogP contribution >= 0.6 is 24.0 Å². The molecular weight excluding hydrogens is 519 g/mol. The van der Waals surface area contributed by atoms with Crippen LogP contribution in [-0.4, -0.2) is 65.0 Å². The summed E-state index contributed by atoms with van der Waals surface area (Å²) in [5.41, 5.74) is 2.22. The second-order valence-corrected chi connectivity index (χ2v) is 7.11. The monoisotopic (exact) mass is 556 g/mol. The van der Waals surface area contributed by atoms with E-state index in [-0.39, 0.29) is 24.0 Å². The van der Waals surface area contributed by atoms with Gasteiger partial charge in [-0.3, -0.25) is 4.99 Å². The highest BCUT2D eigenvalue weighted by molar-refractivity contribution is 14.0. The number of benzene rings is 2.